The zero-order chi connectivity index (χ0) is 17.4. The highest BCUT2D eigenvalue weighted by molar-refractivity contribution is 6.35. The van der Waals surface area contributed by atoms with Gasteiger partial charge in [0, 0.05) is 44.1 Å². The molecule has 0 unspecified atom stereocenters. The number of hydrogen-bond donors (Lipinski definition) is 2. The summed E-state index contributed by atoms with van der Waals surface area (Å²) in [5, 5.41) is 5.23. The summed E-state index contributed by atoms with van der Waals surface area (Å²) < 4.78 is 0. The first-order valence-electron chi connectivity index (χ1n) is 8.37. The van der Waals surface area contributed by atoms with Crippen LogP contribution in [-0.4, -0.2) is 53.8 Å². The molecule has 1 fully saturated rings. The van der Waals surface area contributed by atoms with Crippen molar-refractivity contribution in [3.05, 3.63) is 30.1 Å². The Hall–Kier alpha value is -2.44. The number of amides is 3. The number of rotatable bonds is 5. The Morgan fingerprint density at radius 3 is 2.38 bits per heavy atom. The summed E-state index contributed by atoms with van der Waals surface area (Å²) in [6.45, 7) is 4.21. The Labute approximate surface area is 141 Å². The molecule has 2 rings (SSSR count). The number of nitrogens with zero attached hydrogens (tertiary/aromatic N) is 2. The number of hydrogen-bond acceptors (Lipinski definition) is 4. The van der Waals surface area contributed by atoms with E-state index in [1.165, 1.54) is 0 Å². The number of carbonyl (C=O) groups is 3. The standard InChI is InChI=1S/C17H24N4O3/c1-2-7-19-15(22)16(23)20-12-13-5-10-21(11-6-13)17(24)14-3-8-18-9-4-14/h3-4,8-9,13H,2,5-7,10-12H2,1H3,(H,19,22)(H,20,23). The molecular weight excluding hydrogens is 308 g/mol. The van der Waals surface area contributed by atoms with Crippen molar-refractivity contribution in [2.75, 3.05) is 26.2 Å². The lowest BCUT2D eigenvalue weighted by Gasteiger charge is -2.32. The average molecular weight is 332 g/mol. The van der Waals surface area contributed by atoms with Crippen molar-refractivity contribution in [2.45, 2.75) is 26.2 Å². The van der Waals surface area contributed by atoms with Gasteiger partial charge in [0.1, 0.15) is 0 Å². The molecular formula is C17H24N4O3. The smallest absolute Gasteiger partial charge is 0.309 e. The van der Waals surface area contributed by atoms with E-state index in [9.17, 15) is 14.4 Å². The fourth-order valence-corrected chi connectivity index (χ4v) is 2.65. The van der Waals surface area contributed by atoms with Crippen molar-refractivity contribution in [1.82, 2.24) is 20.5 Å². The Morgan fingerprint density at radius 2 is 1.75 bits per heavy atom. The minimum atomic E-state index is -0.584. The van der Waals surface area contributed by atoms with Gasteiger partial charge >= 0.3 is 11.8 Å². The van der Waals surface area contributed by atoms with E-state index in [1.807, 2.05) is 11.8 Å². The van der Waals surface area contributed by atoms with Crippen molar-refractivity contribution < 1.29 is 14.4 Å². The summed E-state index contributed by atoms with van der Waals surface area (Å²) in [5.41, 5.74) is 0.643. The van der Waals surface area contributed by atoms with Crippen LogP contribution in [0.1, 0.15) is 36.5 Å². The van der Waals surface area contributed by atoms with Crippen molar-refractivity contribution in [3.8, 4) is 0 Å². The van der Waals surface area contributed by atoms with Crippen molar-refractivity contribution in [2.24, 2.45) is 5.92 Å². The van der Waals surface area contributed by atoms with E-state index in [-0.39, 0.29) is 11.8 Å². The number of carbonyl (C=O) groups excluding carboxylic acids is 3. The largest absolute Gasteiger partial charge is 0.348 e. The van der Waals surface area contributed by atoms with Gasteiger partial charge in [-0.05, 0) is 37.3 Å². The first kappa shape index (κ1) is 17.9. The van der Waals surface area contributed by atoms with Gasteiger partial charge in [-0.3, -0.25) is 19.4 Å². The van der Waals surface area contributed by atoms with E-state index in [4.69, 9.17) is 0 Å². The highest BCUT2D eigenvalue weighted by Gasteiger charge is 2.24. The van der Waals surface area contributed by atoms with Crippen LogP contribution in [0, 0.1) is 5.92 Å². The van der Waals surface area contributed by atoms with Crippen LogP contribution in [0.2, 0.25) is 0 Å². The quantitative estimate of drug-likeness (QED) is 0.772. The lowest BCUT2D eigenvalue weighted by atomic mass is 9.96. The van der Waals surface area contributed by atoms with Crippen LogP contribution in [0.5, 0.6) is 0 Å². The molecule has 1 aliphatic heterocycles. The molecule has 0 radical (unpaired) electrons. The van der Waals surface area contributed by atoms with Crippen LogP contribution in [0.4, 0.5) is 0 Å². The number of aromatic nitrogens is 1. The molecule has 0 bridgehead atoms. The third-order valence-corrected chi connectivity index (χ3v) is 4.12. The van der Waals surface area contributed by atoms with Crippen molar-refractivity contribution >= 4 is 17.7 Å². The average Bonchev–Trinajstić information content (AvgIpc) is 2.64. The highest BCUT2D eigenvalue weighted by Crippen LogP contribution is 2.18. The third kappa shape index (κ3) is 5.04. The first-order valence-corrected chi connectivity index (χ1v) is 8.37. The van der Waals surface area contributed by atoms with Crippen LogP contribution in [0.3, 0.4) is 0 Å². The van der Waals surface area contributed by atoms with Gasteiger partial charge in [-0.2, -0.15) is 0 Å². The fraction of sp³-hybridized carbons (Fsp3) is 0.529. The second-order valence-electron chi connectivity index (χ2n) is 5.94. The molecule has 0 aromatic carbocycles. The number of nitrogens with one attached hydrogen (secondary N) is 2. The molecule has 0 aliphatic carbocycles. The van der Waals surface area contributed by atoms with Crippen molar-refractivity contribution in [3.63, 3.8) is 0 Å². The molecule has 2 heterocycles. The molecule has 24 heavy (non-hydrogen) atoms. The summed E-state index contributed by atoms with van der Waals surface area (Å²) >= 11 is 0. The van der Waals surface area contributed by atoms with Gasteiger partial charge in [0.05, 0.1) is 0 Å². The second-order valence-corrected chi connectivity index (χ2v) is 5.94. The minimum absolute atomic E-state index is 0.0128. The third-order valence-electron chi connectivity index (χ3n) is 4.12. The maximum atomic E-state index is 12.3. The number of piperidine rings is 1. The molecule has 3 amide bonds. The SMILES string of the molecule is CCCNC(=O)C(=O)NCC1CCN(C(=O)c2ccncc2)CC1. The normalized spacial score (nSPS) is 15.0. The van der Waals surface area contributed by atoms with Gasteiger partial charge in [-0.25, -0.2) is 0 Å². The van der Waals surface area contributed by atoms with Crippen LogP contribution >= 0.6 is 0 Å². The van der Waals surface area contributed by atoms with E-state index >= 15 is 0 Å². The predicted octanol–water partition coefficient (Wildman–Crippen LogP) is 0.576. The second kappa shape index (κ2) is 9.00. The molecule has 7 heteroatoms. The van der Waals surface area contributed by atoms with Gasteiger partial charge in [0.15, 0.2) is 0 Å². The topological polar surface area (TPSA) is 91.4 Å². The zero-order valence-electron chi connectivity index (χ0n) is 14.0. The minimum Gasteiger partial charge on any atom is -0.348 e. The Bertz CT molecular complexity index is 568. The molecule has 1 aromatic rings. The Morgan fingerprint density at radius 1 is 1.12 bits per heavy atom. The molecule has 1 aromatic heterocycles. The zero-order valence-corrected chi connectivity index (χ0v) is 14.0. The van der Waals surface area contributed by atoms with Gasteiger partial charge < -0.3 is 15.5 Å². The number of likely N-dealkylation sites (tertiary alicyclic amines) is 1. The summed E-state index contributed by atoms with van der Waals surface area (Å²) in [6, 6.07) is 3.42. The monoisotopic (exact) mass is 332 g/mol. The van der Waals surface area contributed by atoms with E-state index in [0.29, 0.717) is 31.7 Å². The van der Waals surface area contributed by atoms with Crippen LogP contribution in [0.15, 0.2) is 24.5 Å². The summed E-state index contributed by atoms with van der Waals surface area (Å²) in [7, 11) is 0. The molecule has 1 saturated heterocycles. The number of pyridine rings is 1. The lowest BCUT2D eigenvalue weighted by Crippen LogP contribution is -2.45. The molecule has 7 nitrogen and oxygen atoms in total. The highest BCUT2D eigenvalue weighted by atomic mass is 16.2. The maximum Gasteiger partial charge on any atom is 0.309 e. The molecule has 0 atom stereocenters. The first-order chi connectivity index (χ1) is 11.6. The van der Waals surface area contributed by atoms with Crippen LogP contribution in [-0.2, 0) is 9.59 Å². The molecule has 2 N–H and O–H groups in total. The summed E-state index contributed by atoms with van der Waals surface area (Å²) in [4.78, 5) is 41.2. The fourth-order valence-electron chi connectivity index (χ4n) is 2.65. The van der Waals surface area contributed by atoms with Gasteiger partial charge in [-0.15, -0.1) is 0 Å². The van der Waals surface area contributed by atoms with Gasteiger partial charge in [0.25, 0.3) is 5.91 Å². The lowest BCUT2D eigenvalue weighted by molar-refractivity contribution is -0.139. The molecule has 0 saturated carbocycles. The molecule has 1 aliphatic rings. The molecule has 130 valence electrons. The van der Waals surface area contributed by atoms with Gasteiger partial charge in [0.2, 0.25) is 0 Å². The molecule has 0 spiro atoms. The maximum absolute atomic E-state index is 12.3. The summed E-state index contributed by atoms with van der Waals surface area (Å²) in [6.07, 6.45) is 5.64. The Kier molecular flexibility index (Phi) is 6.72. The van der Waals surface area contributed by atoms with E-state index in [2.05, 4.69) is 15.6 Å². The van der Waals surface area contributed by atoms with E-state index < -0.39 is 11.8 Å². The Balaban J connectivity index is 1.72. The van der Waals surface area contributed by atoms with Crippen molar-refractivity contribution in [1.29, 1.82) is 0 Å². The van der Waals surface area contributed by atoms with Crippen LogP contribution in [0.25, 0.3) is 0 Å². The van der Waals surface area contributed by atoms with E-state index in [1.54, 1.807) is 24.5 Å². The van der Waals surface area contributed by atoms with Crippen LogP contribution < -0.4 is 10.6 Å². The predicted molar refractivity (Wildman–Crippen MR) is 89.2 cm³/mol. The summed E-state index contributed by atoms with van der Waals surface area (Å²) in [5.74, 6) is -0.867. The van der Waals surface area contributed by atoms with E-state index in [0.717, 1.165) is 19.3 Å². The van der Waals surface area contributed by atoms with Gasteiger partial charge in [-0.1, -0.05) is 6.92 Å².